The van der Waals surface area contributed by atoms with Crippen molar-refractivity contribution in [2.24, 2.45) is 11.8 Å². The molecule has 2 aliphatic heterocycles. The Labute approximate surface area is 269 Å². The first-order valence-corrected chi connectivity index (χ1v) is 17.2. The molecule has 0 spiro atoms. The number of nitrogens with one attached hydrogen (secondary N) is 1. The lowest BCUT2D eigenvalue weighted by molar-refractivity contribution is -0.132. The lowest BCUT2D eigenvalue weighted by atomic mass is 9.87. The summed E-state index contributed by atoms with van der Waals surface area (Å²) >= 11 is 4.53. The van der Waals surface area contributed by atoms with E-state index in [1.807, 2.05) is 32.1 Å². The van der Waals surface area contributed by atoms with Gasteiger partial charge in [0.1, 0.15) is 15.6 Å². The lowest BCUT2D eigenvalue weighted by Crippen LogP contribution is -2.49. The van der Waals surface area contributed by atoms with Crippen LogP contribution in [0.4, 0.5) is 0 Å². The first-order chi connectivity index (χ1) is 21.0. The van der Waals surface area contributed by atoms with Gasteiger partial charge in [-0.1, -0.05) is 11.6 Å². The van der Waals surface area contributed by atoms with Crippen LogP contribution >= 0.6 is 27.3 Å². The molecule has 0 radical (unpaired) electrons. The number of carbonyl (C=O) groups excluding carboxylic acids is 2. The maximum atomic E-state index is 14.6. The minimum atomic E-state index is -3.64. The van der Waals surface area contributed by atoms with Gasteiger partial charge in [0.25, 0.3) is 15.9 Å². The van der Waals surface area contributed by atoms with Gasteiger partial charge in [0, 0.05) is 61.4 Å². The molecule has 3 aliphatic rings. The Morgan fingerprint density at radius 3 is 2.41 bits per heavy atom. The highest BCUT2D eigenvalue weighted by Crippen LogP contribution is 2.53. The summed E-state index contributed by atoms with van der Waals surface area (Å²) in [5.74, 6) is -0.117. The number of nitriles is 1. The van der Waals surface area contributed by atoms with E-state index < -0.39 is 15.6 Å². The number of fused-ring (bicyclic) bond motifs is 1. The Morgan fingerprint density at radius 2 is 1.82 bits per heavy atom. The van der Waals surface area contributed by atoms with E-state index in [2.05, 4.69) is 32.3 Å². The summed E-state index contributed by atoms with van der Waals surface area (Å²) < 4.78 is 29.2. The number of carbonyl (C=O) groups is 2. The maximum absolute atomic E-state index is 14.6. The van der Waals surface area contributed by atoms with Crippen LogP contribution in [0.15, 0.2) is 92.5 Å². The third kappa shape index (κ3) is 5.65. The van der Waals surface area contributed by atoms with Crippen LogP contribution < -0.4 is 5.32 Å². The van der Waals surface area contributed by atoms with Crippen molar-refractivity contribution in [2.45, 2.75) is 42.5 Å². The zero-order valence-corrected chi connectivity index (χ0v) is 27.3. The Balaban J connectivity index is 1.33. The van der Waals surface area contributed by atoms with Crippen LogP contribution in [0.1, 0.15) is 41.8 Å². The normalized spacial score (nSPS) is 25.4. The number of amides is 1. The largest absolute Gasteiger partial charge is 0.357 e. The molecule has 6 rings (SSSR count). The number of thiophene rings is 1. The topological polar surface area (TPSA) is 123 Å². The molecule has 3 fully saturated rings. The monoisotopic (exact) mass is 691 g/mol. The van der Waals surface area contributed by atoms with Gasteiger partial charge < -0.3 is 5.32 Å². The van der Waals surface area contributed by atoms with Gasteiger partial charge in [0.05, 0.1) is 15.4 Å². The highest BCUT2D eigenvalue weighted by atomic mass is 79.9. The number of rotatable bonds is 9. The quantitative estimate of drug-likeness (QED) is 0.193. The van der Waals surface area contributed by atoms with Gasteiger partial charge in [0.2, 0.25) is 0 Å². The predicted octanol–water partition coefficient (Wildman–Crippen LogP) is 4.89. The second-order valence-electron chi connectivity index (χ2n) is 11.7. The van der Waals surface area contributed by atoms with Gasteiger partial charge in [-0.25, -0.2) is 8.42 Å². The van der Waals surface area contributed by atoms with Crippen molar-refractivity contribution in [3.05, 3.63) is 105 Å². The molecule has 1 aromatic carbocycles. The summed E-state index contributed by atoms with van der Waals surface area (Å²) in [6.45, 7) is 4.57. The standard InChI is InChI=1S/C32H30BrN5O4S2/c1-20(2)9-12-32(16-21-10-13-35-14-11-21)31(40)38(28(36-32)15-26(39)23-5-3-22(17-34)4-6-23)30-24-18-37(19-25(24)30)44(41,42)29-8-7-27(33)43-29/h3-11,13-15,24-25,30,36H,12,16,18-19H2,1-2H3/t24-,25+,30?,32?. The average molecular weight is 693 g/mol. The maximum Gasteiger partial charge on any atom is 0.254 e. The molecule has 0 bridgehead atoms. The number of pyridine rings is 1. The highest BCUT2D eigenvalue weighted by molar-refractivity contribution is 9.11. The van der Waals surface area contributed by atoms with E-state index in [1.165, 1.54) is 21.7 Å². The predicted molar refractivity (Wildman–Crippen MR) is 170 cm³/mol. The van der Waals surface area contributed by atoms with E-state index in [9.17, 15) is 18.0 Å². The SMILES string of the molecule is CC(C)=CCC1(Cc2ccncc2)NC(=CC(=O)c2ccc(C#N)cc2)N(C2[C@H]3CN(S(=O)(=O)c4ccc(Br)s4)C[C@@H]23)C1=O. The van der Waals surface area contributed by atoms with Crippen molar-refractivity contribution in [3.8, 4) is 6.07 Å². The van der Waals surface area contributed by atoms with E-state index in [-0.39, 0.29) is 33.8 Å². The fraction of sp³-hybridized carbons (Fsp3) is 0.312. The molecule has 226 valence electrons. The molecule has 2 aromatic heterocycles. The highest BCUT2D eigenvalue weighted by Gasteiger charge is 2.65. The molecule has 1 saturated carbocycles. The van der Waals surface area contributed by atoms with E-state index in [1.54, 1.807) is 53.7 Å². The summed E-state index contributed by atoms with van der Waals surface area (Å²) in [7, 11) is -3.64. The van der Waals surface area contributed by atoms with Gasteiger partial charge in [0.15, 0.2) is 5.78 Å². The Bertz CT molecular complexity index is 1820. The molecule has 4 heterocycles. The molecule has 12 heteroatoms. The number of piperidine rings is 1. The van der Waals surface area contributed by atoms with E-state index in [4.69, 9.17) is 5.26 Å². The van der Waals surface area contributed by atoms with E-state index >= 15 is 0 Å². The zero-order chi connectivity index (χ0) is 31.2. The third-order valence-corrected chi connectivity index (χ3v) is 12.4. The number of sulfonamides is 1. The number of allylic oxidation sites excluding steroid dienone is 2. The average Bonchev–Trinajstić information content (AvgIpc) is 3.35. The number of benzene rings is 1. The van der Waals surface area contributed by atoms with Crippen molar-refractivity contribution < 1.29 is 18.0 Å². The summed E-state index contributed by atoms with van der Waals surface area (Å²) in [4.78, 5) is 33.9. The summed E-state index contributed by atoms with van der Waals surface area (Å²) in [5, 5.41) is 12.6. The molecule has 2 saturated heterocycles. The number of ketones is 1. The summed E-state index contributed by atoms with van der Waals surface area (Å²) in [6.07, 6.45) is 7.66. The van der Waals surface area contributed by atoms with Crippen molar-refractivity contribution in [3.63, 3.8) is 0 Å². The van der Waals surface area contributed by atoms with Gasteiger partial charge in [-0.05, 0) is 90.3 Å². The van der Waals surface area contributed by atoms with Crippen LogP contribution in [0.5, 0.6) is 0 Å². The molecule has 1 N–H and O–H groups in total. The van der Waals surface area contributed by atoms with Crippen LogP contribution in [0.3, 0.4) is 0 Å². The second kappa shape index (κ2) is 11.7. The van der Waals surface area contributed by atoms with Crippen molar-refractivity contribution >= 4 is 49.0 Å². The van der Waals surface area contributed by atoms with E-state index in [0.29, 0.717) is 42.9 Å². The summed E-state index contributed by atoms with van der Waals surface area (Å²) in [6, 6.07) is 15.3. The van der Waals surface area contributed by atoms with E-state index in [0.717, 1.165) is 14.9 Å². The lowest BCUT2D eigenvalue weighted by Gasteiger charge is -2.27. The fourth-order valence-corrected chi connectivity index (χ4v) is 9.85. The number of aromatic nitrogens is 1. The minimum Gasteiger partial charge on any atom is -0.357 e. The molecule has 2 unspecified atom stereocenters. The Hall–Kier alpha value is -3.63. The Morgan fingerprint density at radius 1 is 1.14 bits per heavy atom. The number of hydrogen-bond acceptors (Lipinski definition) is 8. The smallest absolute Gasteiger partial charge is 0.254 e. The molecule has 3 aromatic rings. The van der Waals surface area contributed by atoms with Gasteiger partial charge in [-0.2, -0.15) is 9.57 Å². The fourth-order valence-electron chi connectivity index (χ4n) is 6.17. The Kier molecular flexibility index (Phi) is 8.09. The summed E-state index contributed by atoms with van der Waals surface area (Å²) in [5.41, 5.74) is 1.80. The van der Waals surface area contributed by atoms with Crippen LogP contribution in [-0.4, -0.2) is 59.0 Å². The first kappa shape index (κ1) is 30.4. The molecule has 4 atom stereocenters. The molecular weight excluding hydrogens is 662 g/mol. The minimum absolute atomic E-state index is 0.0486. The molecular formula is C32H30BrN5O4S2. The number of halogens is 1. The van der Waals surface area contributed by atoms with Gasteiger partial charge in [-0.15, -0.1) is 11.3 Å². The molecule has 44 heavy (non-hydrogen) atoms. The third-order valence-electron chi connectivity index (χ3n) is 8.49. The van der Waals surface area contributed by atoms with Crippen molar-refractivity contribution in [1.82, 2.24) is 19.5 Å². The van der Waals surface area contributed by atoms with Crippen LogP contribution in [-0.2, 0) is 21.2 Å². The van der Waals surface area contributed by atoms with Crippen molar-refractivity contribution in [1.29, 1.82) is 5.26 Å². The zero-order valence-electron chi connectivity index (χ0n) is 24.1. The first-order valence-electron chi connectivity index (χ1n) is 14.2. The molecule has 1 amide bonds. The van der Waals surface area contributed by atoms with Gasteiger partial charge >= 0.3 is 0 Å². The van der Waals surface area contributed by atoms with Crippen molar-refractivity contribution in [2.75, 3.05) is 13.1 Å². The van der Waals surface area contributed by atoms with Crippen LogP contribution in [0.25, 0.3) is 0 Å². The van der Waals surface area contributed by atoms with Gasteiger partial charge in [-0.3, -0.25) is 19.5 Å². The molecule has 1 aliphatic carbocycles. The second-order valence-corrected chi connectivity index (χ2v) is 16.3. The number of hydrogen-bond donors (Lipinski definition) is 1. The van der Waals surface area contributed by atoms with Crippen LogP contribution in [0, 0.1) is 23.2 Å². The van der Waals surface area contributed by atoms with Crippen LogP contribution in [0.2, 0.25) is 0 Å². The number of nitrogens with zero attached hydrogens (tertiary/aromatic N) is 4. The molecule has 9 nitrogen and oxygen atoms in total.